The van der Waals surface area contributed by atoms with Crippen LogP contribution in [0.15, 0.2) is 70.3 Å². The molecule has 1 amide bonds. The van der Waals surface area contributed by atoms with Gasteiger partial charge in [0.25, 0.3) is 0 Å². The number of oxime groups is 1. The van der Waals surface area contributed by atoms with Crippen molar-refractivity contribution in [2.75, 3.05) is 13.1 Å². The van der Waals surface area contributed by atoms with Crippen LogP contribution in [0, 0.1) is 0 Å². The predicted molar refractivity (Wildman–Crippen MR) is 110 cm³/mol. The molecule has 0 bridgehead atoms. The third-order valence-electron chi connectivity index (χ3n) is 5.20. The van der Waals surface area contributed by atoms with Gasteiger partial charge in [-0.3, -0.25) is 4.79 Å². The number of nitrogens with zero attached hydrogens (tertiary/aromatic N) is 2. The molecule has 0 aliphatic carbocycles. The van der Waals surface area contributed by atoms with E-state index in [1.807, 2.05) is 53.4 Å². The molecule has 5 heteroatoms. The Morgan fingerprint density at radius 3 is 2.63 bits per heavy atom. The van der Waals surface area contributed by atoms with Crippen LogP contribution in [-0.2, 0) is 9.63 Å². The molecule has 4 nitrogen and oxygen atoms in total. The molecular formula is C22H21BrN2O2. The van der Waals surface area contributed by atoms with Crippen molar-refractivity contribution < 1.29 is 9.63 Å². The minimum absolute atomic E-state index is 0.0482. The second-order valence-electron chi connectivity index (χ2n) is 7.07. The van der Waals surface area contributed by atoms with Gasteiger partial charge < -0.3 is 9.74 Å². The summed E-state index contributed by atoms with van der Waals surface area (Å²) in [5.41, 5.74) is 2.87. The van der Waals surface area contributed by atoms with Crippen LogP contribution >= 0.6 is 15.9 Å². The summed E-state index contributed by atoms with van der Waals surface area (Å²) in [6.45, 7) is 1.39. The first-order valence-electron chi connectivity index (χ1n) is 9.17. The monoisotopic (exact) mass is 424 g/mol. The van der Waals surface area contributed by atoms with Gasteiger partial charge in [-0.15, -0.1) is 0 Å². The summed E-state index contributed by atoms with van der Waals surface area (Å²) in [5.74, 6) is 0.0482. The number of halogens is 1. The van der Waals surface area contributed by atoms with E-state index in [0.29, 0.717) is 13.1 Å². The molecule has 2 aliphatic rings. The zero-order valence-electron chi connectivity index (χ0n) is 15.0. The van der Waals surface area contributed by atoms with Crippen molar-refractivity contribution in [2.45, 2.75) is 24.9 Å². The molecule has 0 atom stereocenters. The van der Waals surface area contributed by atoms with Gasteiger partial charge in [0.2, 0.25) is 5.91 Å². The molecule has 4 rings (SSSR count). The first-order valence-corrected chi connectivity index (χ1v) is 9.96. The fraction of sp³-hybridized carbons (Fsp3) is 0.273. The average molecular weight is 425 g/mol. The van der Waals surface area contributed by atoms with Crippen LogP contribution < -0.4 is 0 Å². The van der Waals surface area contributed by atoms with Crippen molar-refractivity contribution in [1.29, 1.82) is 0 Å². The molecule has 0 unspecified atom stereocenters. The molecule has 0 aromatic heterocycles. The summed E-state index contributed by atoms with van der Waals surface area (Å²) < 4.78 is 1.00. The van der Waals surface area contributed by atoms with E-state index in [2.05, 4.69) is 33.2 Å². The van der Waals surface area contributed by atoms with Crippen LogP contribution in [0.4, 0.5) is 0 Å². The normalized spacial score (nSPS) is 18.6. The Labute approximate surface area is 167 Å². The molecule has 1 spiro atoms. The average Bonchev–Trinajstić information content (AvgIpc) is 3.11. The van der Waals surface area contributed by atoms with E-state index in [1.54, 1.807) is 6.08 Å². The van der Waals surface area contributed by atoms with Crippen molar-refractivity contribution in [2.24, 2.45) is 5.16 Å². The van der Waals surface area contributed by atoms with Gasteiger partial charge >= 0.3 is 0 Å². The first kappa shape index (κ1) is 18.0. The Morgan fingerprint density at radius 1 is 1.11 bits per heavy atom. The minimum Gasteiger partial charge on any atom is -0.388 e. The number of carbonyl (C=O) groups is 1. The Hall–Kier alpha value is -2.40. The van der Waals surface area contributed by atoms with Gasteiger partial charge in [0, 0.05) is 42.9 Å². The zero-order chi connectivity index (χ0) is 18.7. The fourth-order valence-corrected chi connectivity index (χ4v) is 4.01. The predicted octanol–water partition coefficient (Wildman–Crippen LogP) is 4.65. The minimum atomic E-state index is -0.254. The maximum atomic E-state index is 12.5. The molecule has 1 fully saturated rings. The van der Waals surface area contributed by atoms with Crippen LogP contribution in [0.1, 0.15) is 30.4 Å². The molecule has 0 N–H and O–H groups in total. The van der Waals surface area contributed by atoms with Crippen molar-refractivity contribution in [3.05, 3.63) is 76.3 Å². The molecule has 2 heterocycles. The lowest BCUT2D eigenvalue weighted by Crippen LogP contribution is -2.46. The van der Waals surface area contributed by atoms with Crippen LogP contribution in [0.2, 0.25) is 0 Å². The Bertz CT molecular complexity index is 884. The number of amides is 1. The quantitative estimate of drug-likeness (QED) is 0.672. The Balaban J connectivity index is 1.33. The van der Waals surface area contributed by atoms with E-state index in [4.69, 9.17) is 4.84 Å². The van der Waals surface area contributed by atoms with E-state index in [-0.39, 0.29) is 11.5 Å². The van der Waals surface area contributed by atoms with Gasteiger partial charge in [0.15, 0.2) is 0 Å². The van der Waals surface area contributed by atoms with Crippen LogP contribution in [0.25, 0.3) is 6.08 Å². The Kier molecular flexibility index (Phi) is 5.12. The lowest BCUT2D eigenvalue weighted by atomic mass is 9.85. The van der Waals surface area contributed by atoms with Gasteiger partial charge in [-0.2, -0.15) is 0 Å². The van der Waals surface area contributed by atoms with Crippen LogP contribution in [-0.4, -0.2) is 35.2 Å². The summed E-state index contributed by atoms with van der Waals surface area (Å²) >= 11 is 3.45. The van der Waals surface area contributed by atoms with Gasteiger partial charge in [-0.25, -0.2) is 0 Å². The smallest absolute Gasteiger partial charge is 0.246 e. The molecule has 0 radical (unpaired) electrons. The third-order valence-corrected chi connectivity index (χ3v) is 5.69. The Morgan fingerprint density at radius 2 is 1.89 bits per heavy atom. The summed E-state index contributed by atoms with van der Waals surface area (Å²) in [6.07, 6.45) is 5.95. The number of hydrogen-bond donors (Lipinski definition) is 0. The van der Waals surface area contributed by atoms with Gasteiger partial charge in [0.05, 0.1) is 5.71 Å². The maximum Gasteiger partial charge on any atom is 0.246 e. The second-order valence-corrected chi connectivity index (χ2v) is 7.98. The van der Waals surface area contributed by atoms with Crippen molar-refractivity contribution in [3.8, 4) is 0 Å². The molecular weight excluding hydrogens is 404 g/mol. The number of piperidine rings is 1. The van der Waals surface area contributed by atoms with Crippen molar-refractivity contribution in [3.63, 3.8) is 0 Å². The summed E-state index contributed by atoms with van der Waals surface area (Å²) in [6, 6.07) is 18.1. The van der Waals surface area contributed by atoms with E-state index in [0.717, 1.165) is 40.6 Å². The van der Waals surface area contributed by atoms with Crippen molar-refractivity contribution in [1.82, 2.24) is 4.90 Å². The molecule has 138 valence electrons. The maximum absolute atomic E-state index is 12.5. The highest BCUT2D eigenvalue weighted by Crippen LogP contribution is 2.36. The topological polar surface area (TPSA) is 41.9 Å². The van der Waals surface area contributed by atoms with Gasteiger partial charge in [-0.05, 0) is 29.3 Å². The summed E-state index contributed by atoms with van der Waals surface area (Å²) in [5, 5.41) is 4.33. The molecule has 2 aliphatic heterocycles. The van der Waals surface area contributed by atoms with Crippen LogP contribution in [0.5, 0.6) is 0 Å². The molecule has 0 saturated carbocycles. The molecule has 27 heavy (non-hydrogen) atoms. The largest absolute Gasteiger partial charge is 0.388 e. The highest BCUT2D eigenvalue weighted by molar-refractivity contribution is 9.10. The van der Waals surface area contributed by atoms with Gasteiger partial charge in [-0.1, -0.05) is 63.6 Å². The first-order chi connectivity index (χ1) is 13.1. The zero-order valence-corrected chi connectivity index (χ0v) is 16.6. The van der Waals surface area contributed by atoms with Gasteiger partial charge in [0.1, 0.15) is 5.60 Å². The lowest BCUT2D eigenvalue weighted by molar-refractivity contribution is -0.131. The SMILES string of the molecule is O=C(C=Cc1cccc(Br)c1)N1CCC2(CC1)CC(c1ccccc1)=NO2. The summed E-state index contributed by atoms with van der Waals surface area (Å²) in [7, 11) is 0. The van der Waals surface area contributed by atoms with E-state index in [1.165, 1.54) is 0 Å². The highest BCUT2D eigenvalue weighted by Gasteiger charge is 2.42. The lowest BCUT2D eigenvalue weighted by Gasteiger charge is -2.36. The summed E-state index contributed by atoms with van der Waals surface area (Å²) in [4.78, 5) is 20.2. The standard InChI is InChI=1S/C22H21BrN2O2/c23-19-8-4-5-17(15-19)9-10-21(26)25-13-11-22(12-14-25)16-20(24-27-22)18-6-2-1-3-7-18/h1-10,15H,11-14,16H2. The van der Waals surface area contributed by atoms with E-state index in [9.17, 15) is 4.79 Å². The number of likely N-dealkylation sites (tertiary alicyclic amines) is 1. The third kappa shape index (κ3) is 4.14. The molecule has 2 aromatic rings. The number of rotatable bonds is 3. The number of carbonyl (C=O) groups excluding carboxylic acids is 1. The highest BCUT2D eigenvalue weighted by atomic mass is 79.9. The number of benzene rings is 2. The molecule has 1 saturated heterocycles. The second kappa shape index (κ2) is 7.69. The fourth-order valence-electron chi connectivity index (χ4n) is 3.59. The van der Waals surface area contributed by atoms with E-state index < -0.39 is 0 Å². The van der Waals surface area contributed by atoms with Crippen LogP contribution in [0.3, 0.4) is 0 Å². The van der Waals surface area contributed by atoms with E-state index >= 15 is 0 Å². The number of hydrogen-bond acceptors (Lipinski definition) is 3. The molecule has 2 aromatic carbocycles. The van der Waals surface area contributed by atoms with Crippen molar-refractivity contribution >= 4 is 33.6 Å².